The Morgan fingerprint density at radius 2 is 1.62 bits per heavy atom. The summed E-state index contributed by atoms with van der Waals surface area (Å²) in [5, 5.41) is 21.1. The fraction of sp³-hybridized carbons (Fsp3) is 0. The van der Waals surface area contributed by atoms with Crippen molar-refractivity contribution >= 4 is 56.2 Å². The number of nitrogens with zero attached hydrogens (tertiary/aromatic N) is 2. The third-order valence-electron chi connectivity index (χ3n) is 1.60. The van der Waals surface area contributed by atoms with Gasteiger partial charge in [-0.15, -0.1) is 0 Å². The molecule has 0 fully saturated rings. The van der Waals surface area contributed by atoms with Gasteiger partial charge in [0, 0.05) is 0 Å². The van der Waals surface area contributed by atoms with E-state index in [1.165, 1.54) is 0 Å². The molecule has 0 aliphatic carbocycles. The summed E-state index contributed by atoms with van der Waals surface area (Å²) in [5.74, 6) is 0. The number of non-ortho nitro benzene ring substituents is 1. The zero-order valence-electron chi connectivity index (χ0n) is 7.30. The minimum atomic E-state index is -3.63. The number of hydrogen-bond acceptors (Lipinski definition) is 4. The molecule has 1 aromatic rings. The molecule has 0 atom stereocenters. The van der Waals surface area contributed by atoms with Crippen molar-refractivity contribution in [2.45, 2.75) is 0 Å². The predicted octanol–water partition coefficient (Wildman–Crippen LogP) is 2.37. The van der Waals surface area contributed by atoms with Crippen LogP contribution in [0.2, 0.25) is 0 Å². The van der Waals surface area contributed by atoms with Crippen molar-refractivity contribution in [3.63, 3.8) is 0 Å². The maximum absolute atomic E-state index is 10.7. The van der Waals surface area contributed by atoms with Crippen LogP contribution in [0.5, 0.6) is 0 Å². The molecule has 0 aliphatic rings. The van der Waals surface area contributed by atoms with Crippen LogP contribution in [0.15, 0.2) is 18.2 Å². The van der Waals surface area contributed by atoms with Crippen LogP contribution >= 0.6 is 30.3 Å². The molecule has 0 saturated carbocycles. The third-order valence-corrected chi connectivity index (χ3v) is 5.96. The van der Waals surface area contributed by atoms with Crippen molar-refractivity contribution < 1.29 is 9.85 Å². The molecule has 6 nitrogen and oxygen atoms in total. The van der Waals surface area contributed by atoms with Crippen molar-refractivity contribution in [3.8, 4) is 0 Å². The van der Waals surface area contributed by atoms with Gasteiger partial charge >= 0.3 is 105 Å². The van der Waals surface area contributed by atoms with Crippen LogP contribution in [0.25, 0.3) is 0 Å². The second-order valence-corrected chi connectivity index (χ2v) is 14.9. The van der Waals surface area contributed by atoms with Crippen molar-refractivity contribution in [2.75, 3.05) is 0 Å². The first-order valence-corrected chi connectivity index (χ1v) is 11.2. The van der Waals surface area contributed by atoms with Crippen molar-refractivity contribution in [1.82, 2.24) is 0 Å². The van der Waals surface area contributed by atoms with Crippen LogP contribution in [0.3, 0.4) is 0 Å². The molecule has 10 heteroatoms. The Morgan fingerprint density at radius 3 is 2.00 bits per heavy atom. The van der Waals surface area contributed by atoms with E-state index < -0.39 is 31.3 Å². The van der Waals surface area contributed by atoms with Gasteiger partial charge in [0.25, 0.3) is 0 Å². The van der Waals surface area contributed by atoms with Gasteiger partial charge in [-0.2, -0.15) is 0 Å². The maximum atomic E-state index is 10.7. The van der Waals surface area contributed by atoms with Gasteiger partial charge in [0.2, 0.25) is 0 Å². The standard InChI is InChI=1S/C6H3Cl3N2O4Se/c7-16(8,9)6-2-1-4(10(12)13)3-5(6)11(14)15/h1-3H. The fourth-order valence-electron chi connectivity index (χ4n) is 0.958. The van der Waals surface area contributed by atoms with Crippen molar-refractivity contribution in [1.29, 1.82) is 0 Å². The predicted molar refractivity (Wildman–Crippen MR) is 62.7 cm³/mol. The Hall–Kier alpha value is -0.591. The van der Waals surface area contributed by atoms with Gasteiger partial charge in [0.15, 0.2) is 0 Å². The van der Waals surface area contributed by atoms with Gasteiger partial charge in [-0.25, -0.2) is 0 Å². The van der Waals surface area contributed by atoms with E-state index >= 15 is 0 Å². The Morgan fingerprint density at radius 1 is 1.06 bits per heavy atom. The van der Waals surface area contributed by atoms with Gasteiger partial charge in [0.1, 0.15) is 0 Å². The third kappa shape index (κ3) is 2.96. The molecule has 0 radical (unpaired) electrons. The van der Waals surface area contributed by atoms with Gasteiger partial charge < -0.3 is 0 Å². The first-order chi connectivity index (χ1) is 7.23. The van der Waals surface area contributed by atoms with Crippen LogP contribution in [0, 0.1) is 20.2 Å². The Balaban J connectivity index is 3.43. The molecular formula is C6H3Cl3N2O4Se. The molecule has 0 amide bonds. The van der Waals surface area contributed by atoms with Crippen LogP contribution in [-0.2, 0) is 0 Å². The molecule has 1 rings (SSSR count). The summed E-state index contributed by atoms with van der Waals surface area (Å²) < 4.78 is -0.0585. The van der Waals surface area contributed by atoms with Crippen LogP contribution in [0.1, 0.15) is 0 Å². The second-order valence-electron chi connectivity index (χ2n) is 2.57. The van der Waals surface area contributed by atoms with E-state index in [0.29, 0.717) is 0 Å². The first kappa shape index (κ1) is 13.5. The van der Waals surface area contributed by atoms with E-state index in [1.807, 2.05) is 0 Å². The Labute approximate surface area is 104 Å². The van der Waals surface area contributed by atoms with E-state index in [0.717, 1.165) is 18.2 Å². The summed E-state index contributed by atoms with van der Waals surface area (Å²) in [6.45, 7) is 0. The number of nitro benzene ring substituents is 2. The van der Waals surface area contributed by atoms with E-state index in [-0.39, 0.29) is 4.46 Å². The average molecular weight is 352 g/mol. The van der Waals surface area contributed by atoms with Gasteiger partial charge in [-0.1, -0.05) is 0 Å². The molecule has 0 bridgehead atoms. The van der Waals surface area contributed by atoms with E-state index in [4.69, 9.17) is 30.3 Å². The topological polar surface area (TPSA) is 86.3 Å². The SMILES string of the molecule is O=[N+]([O-])c1ccc([Se](Cl)(Cl)Cl)c([N+](=O)[O-])c1. The number of rotatable bonds is 3. The molecule has 16 heavy (non-hydrogen) atoms. The molecule has 0 unspecified atom stereocenters. The number of hydrogen-bond donors (Lipinski definition) is 0. The number of halogens is 3. The van der Waals surface area contributed by atoms with Crippen LogP contribution in [-0.4, -0.2) is 20.0 Å². The number of nitro groups is 2. The van der Waals surface area contributed by atoms with Crippen LogP contribution < -0.4 is 4.46 Å². The minimum absolute atomic E-state index is 0.0585. The van der Waals surface area contributed by atoms with E-state index in [1.54, 1.807) is 0 Å². The summed E-state index contributed by atoms with van der Waals surface area (Å²) >= 11 is 0. The Bertz CT molecular complexity index is 462. The van der Waals surface area contributed by atoms with E-state index in [2.05, 4.69) is 0 Å². The van der Waals surface area contributed by atoms with E-state index in [9.17, 15) is 20.2 Å². The van der Waals surface area contributed by atoms with Gasteiger partial charge in [0.05, 0.1) is 0 Å². The fourth-order valence-corrected chi connectivity index (χ4v) is 4.24. The molecule has 0 aromatic heterocycles. The molecule has 0 aliphatic heterocycles. The normalized spacial score (nSPS) is 12.2. The van der Waals surface area contributed by atoms with Crippen molar-refractivity contribution in [2.24, 2.45) is 0 Å². The summed E-state index contributed by atoms with van der Waals surface area (Å²) in [6.07, 6.45) is 0. The molecular weight excluding hydrogens is 349 g/mol. The molecule has 0 N–H and O–H groups in total. The average Bonchev–Trinajstić information content (AvgIpc) is 2.15. The molecule has 0 heterocycles. The zero-order chi connectivity index (χ0) is 12.5. The quantitative estimate of drug-likeness (QED) is 0.475. The summed E-state index contributed by atoms with van der Waals surface area (Å²) in [7, 11) is 13.3. The summed E-state index contributed by atoms with van der Waals surface area (Å²) in [6, 6.07) is 2.97. The molecule has 0 spiro atoms. The second kappa shape index (κ2) is 4.73. The van der Waals surface area contributed by atoms with Crippen molar-refractivity contribution in [3.05, 3.63) is 38.4 Å². The monoisotopic (exact) mass is 352 g/mol. The summed E-state index contributed by atoms with van der Waals surface area (Å²) in [4.78, 5) is 19.6. The van der Waals surface area contributed by atoms with Crippen LogP contribution in [0.4, 0.5) is 11.4 Å². The number of benzene rings is 1. The molecule has 88 valence electrons. The first-order valence-electron chi connectivity index (χ1n) is 3.58. The molecule has 0 saturated heterocycles. The molecule has 1 aromatic carbocycles. The Kier molecular flexibility index (Phi) is 3.98. The summed E-state index contributed by atoms with van der Waals surface area (Å²) in [5.41, 5.74) is -0.948. The van der Waals surface area contributed by atoms with Gasteiger partial charge in [-0.05, 0) is 0 Å². The zero-order valence-corrected chi connectivity index (χ0v) is 11.3. The van der Waals surface area contributed by atoms with Gasteiger partial charge in [-0.3, -0.25) is 0 Å².